The summed E-state index contributed by atoms with van der Waals surface area (Å²) in [5, 5.41) is 0. The largest absolute Gasteiger partial charge is 0.392 e. The van der Waals surface area contributed by atoms with Crippen LogP contribution in [0.2, 0.25) is 0 Å². The molecule has 1 fully saturated rings. The molecule has 2 N–H and O–H groups in total. The summed E-state index contributed by atoms with van der Waals surface area (Å²) >= 11 is 4.85. The number of thiocarbonyl (C=S) groups is 1. The molecule has 92 valence electrons. The Morgan fingerprint density at radius 1 is 1.56 bits per heavy atom. The molecule has 1 rings (SSSR count). The van der Waals surface area contributed by atoms with Crippen LogP contribution in [0.4, 0.5) is 0 Å². The van der Waals surface area contributed by atoms with Gasteiger partial charge in [0.25, 0.3) is 5.91 Å². The van der Waals surface area contributed by atoms with Crippen molar-refractivity contribution in [3.63, 3.8) is 0 Å². The third kappa shape index (κ3) is 3.72. The molecule has 0 spiro atoms. The van der Waals surface area contributed by atoms with Crippen LogP contribution in [0.15, 0.2) is 0 Å². The minimum absolute atomic E-state index is 0.0162. The number of hydrogen-bond acceptors (Lipinski definition) is 3. The second kappa shape index (κ2) is 6.15. The summed E-state index contributed by atoms with van der Waals surface area (Å²) in [6, 6.07) is 0.0968. The van der Waals surface area contributed by atoms with E-state index >= 15 is 0 Å². The van der Waals surface area contributed by atoms with Gasteiger partial charge in [0.2, 0.25) is 0 Å². The van der Waals surface area contributed by atoms with Crippen molar-refractivity contribution in [2.75, 3.05) is 13.2 Å². The van der Waals surface area contributed by atoms with E-state index in [2.05, 4.69) is 0 Å². The van der Waals surface area contributed by atoms with E-state index < -0.39 is 0 Å². The fraction of sp³-hybridized carbons (Fsp3) is 0.818. The molecule has 1 amide bonds. The van der Waals surface area contributed by atoms with E-state index in [1.54, 1.807) is 4.90 Å². The molecule has 0 aliphatic carbocycles. The third-order valence-electron chi connectivity index (χ3n) is 2.69. The second-order valence-electron chi connectivity index (χ2n) is 4.38. The molecule has 0 aromatic carbocycles. The van der Waals surface area contributed by atoms with Crippen LogP contribution in [-0.2, 0) is 9.53 Å². The highest BCUT2D eigenvalue weighted by molar-refractivity contribution is 7.80. The predicted molar refractivity (Wildman–Crippen MR) is 67.2 cm³/mol. The maximum absolute atomic E-state index is 12.2. The molecule has 0 radical (unpaired) electrons. The first-order chi connectivity index (χ1) is 7.52. The third-order valence-corrected chi connectivity index (χ3v) is 2.82. The van der Waals surface area contributed by atoms with Crippen molar-refractivity contribution in [1.82, 2.24) is 4.90 Å². The van der Waals surface area contributed by atoms with Crippen LogP contribution in [0.5, 0.6) is 0 Å². The summed E-state index contributed by atoms with van der Waals surface area (Å²) in [4.78, 5) is 14.2. The number of nitrogens with zero attached hydrogens (tertiary/aromatic N) is 1. The molecule has 0 aromatic heterocycles. The van der Waals surface area contributed by atoms with Gasteiger partial charge >= 0.3 is 0 Å². The van der Waals surface area contributed by atoms with Gasteiger partial charge < -0.3 is 15.4 Å². The van der Waals surface area contributed by atoms with Gasteiger partial charge in [-0.15, -0.1) is 0 Å². The molecular weight excluding hydrogens is 224 g/mol. The van der Waals surface area contributed by atoms with E-state index in [1.165, 1.54) is 0 Å². The van der Waals surface area contributed by atoms with E-state index in [-0.39, 0.29) is 18.1 Å². The summed E-state index contributed by atoms with van der Waals surface area (Å²) in [7, 11) is 0. The van der Waals surface area contributed by atoms with Crippen LogP contribution < -0.4 is 5.73 Å². The number of nitrogens with two attached hydrogens (primary N) is 1. The fourth-order valence-corrected chi connectivity index (χ4v) is 1.94. The number of hydrogen-bond donors (Lipinski definition) is 1. The monoisotopic (exact) mass is 244 g/mol. The Morgan fingerprint density at radius 2 is 2.25 bits per heavy atom. The van der Waals surface area contributed by atoms with Gasteiger partial charge in [0.15, 0.2) is 0 Å². The van der Waals surface area contributed by atoms with Gasteiger partial charge in [0.1, 0.15) is 6.10 Å². The first-order valence-corrected chi connectivity index (χ1v) is 6.13. The fourth-order valence-electron chi connectivity index (χ4n) is 1.80. The smallest absolute Gasteiger partial charge is 0.252 e. The van der Waals surface area contributed by atoms with Gasteiger partial charge in [0.05, 0.1) is 11.5 Å². The SMILES string of the molecule is CC(C)N(CC(N)=S)C(=O)C1CCCCO1. The zero-order valence-electron chi connectivity index (χ0n) is 9.94. The van der Waals surface area contributed by atoms with Crippen molar-refractivity contribution in [1.29, 1.82) is 0 Å². The molecule has 1 heterocycles. The molecule has 0 bridgehead atoms. The van der Waals surface area contributed by atoms with Crippen LogP contribution in [0.1, 0.15) is 33.1 Å². The van der Waals surface area contributed by atoms with Gasteiger partial charge in [0, 0.05) is 12.6 Å². The Labute approximate surface area is 102 Å². The highest BCUT2D eigenvalue weighted by atomic mass is 32.1. The Balaban J connectivity index is 2.61. The lowest BCUT2D eigenvalue weighted by atomic mass is 10.1. The van der Waals surface area contributed by atoms with Crippen molar-refractivity contribution in [3.8, 4) is 0 Å². The van der Waals surface area contributed by atoms with Crippen LogP contribution in [0, 0.1) is 0 Å². The number of carbonyl (C=O) groups excluding carboxylic acids is 1. The average Bonchev–Trinajstić information content (AvgIpc) is 2.25. The lowest BCUT2D eigenvalue weighted by Crippen LogP contribution is -2.48. The Kier molecular flexibility index (Phi) is 5.15. The van der Waals surface area contributed by atoms with E-state index in [9.17, 15) is 4.79 Å². The average molecular weight is 244 g/mol. The molecule has 1 saturated heterocycles. The number of carbonyl (C=O) groups is 1. The quantitative estimate of drug-likeness (QED) is 0.752. The number of ether oxygens (including phenoxy) is 1. The topological polar surface area (TPSA) is 55.6 Å². The maximum atomic E-state index is 12.2. The highest BCUT2D eigenvalue weighted by Crippen LogP contribution is 2.16. The van der Waals surface area contributed by atoms with Gasteiger partial charge in [-0.3, -0.25) is 4.79 Å². The number of amides is 1. The molecule has 1 aliphatic heterocycles. The Bertz CT molecular complexity index is 263. The van der Waals surface area contributed by atoms with Crippen molar-refractivity contribution >= 4 is 23.1 Å². The molecule has 1 aliphatic rings. The second-order valence-corrected chi connectivity index (χ2v) is 4.91. The lowest BCUT2D eigenvalue weighted by Gasteiger charge is -2.31. The van der Waals surface area contributed by atoms with E-state index in [1.807, 2.05) is 13.8 Å². The van der Waals surface area contributed by atoms with E-state index in [0.717, 1.165) is 19.3 Å². The Hall–Kier alpha value is -0.680. The molecule has 4 nitrogen and oxygen atoms in total. The summed E-state index contributed by atoms with van der Waals surface area (Å²) < 4.78 is 5.48. The summed E-state index contributed by atoms with van der Waals surface area (Å²) in [6.45, 7) is 4.93. The van der Waals surface area contributed by atoms with Gasteiger partial charge in [-0.05, 0) is 33.1 Å². The van der Waals surface area contributed by atoms with E-state index in [4.69, 9.17) is 22.7 Å². The minimum atomic E-state index is -0.300. The van der Waals surface area contributed by atoms with Crippen LogP contribution >= 0.6 is 12.2 Å². The maximum Gasteiger partial charge on any atom is 0.252 e. The van der Waals surface area contributed by atoms with Gasteiger partial charge in [-0.2, -0.15) is 0 Å². The van der Waals surface area contributed by atoms with Crippen LogP contribution in [0.25, 0.3) is 0 Å². The number of rotatable bonds is 4. The Morgan fingerprint density at radius 3 is 2.69 bits per heavy atom. The highest BCUT2D eigenvalue weighted by Gasteiger charge is 2.28. The predicted octanol–water partition coefficient (Wildman–Crippen LogP) is 1.08. The van der Waals surface area contributed by atoms with Crippen molar-refractivity contribution < 1.29 is 9.53 Å². The molecule has 5 heteroatoms. The van der Waals surface area contributed by atoms with Crippen molar-refractivity contribution in [2.24, 2.45) is 5.73 Å². The van der Waals surface area contributed by atoms with E-state index in [0.29, 0.717) is 18.1 Å². The standard InChI is InChI=1S/C11H20N2O2S/c1-8(2)13(7-10(12)16)11(14)9-5-3-4-6-15-9/h8-9H,3-7H2,1-2H3,(H2,12,16). The van der Waals surface area contributed by atoms with Crippen LogP contribution in [0.3, 0.4) is 0 Å². The molecule has 0 aromatic rings. The summed E-state index contributed by atoms with van der Waals surface area (Å²) in [6.07, 6.45) is 2.60. The first-order valence-electron chi connectivity index (χ1n) is 5.72. The lowest BCUT2D eigenvalue weighted by molar-refractivity contribution is -0.147. The first kappa shape index (κ1) is 13.4. The normalized spacial score (nSPS) is 20.8. The minimum Gasteiger partial charge on any atom is -0.392 e. The molecule has 16 heavy (non-hydrogen) atoms. The van der Waals surface area contributed by atoms with Crippen molar-refractivity contribution in [3.05, 3.63) is 0 Å². The summed E-state index contributed by atoms with van der Waals surface area (Å²) in [5.74, 6) is 0.0162. The molecular formula is C11H20N2O2S. The van der Waals surface area contributed by atoms with Gasteiger partial charge in [-0.1, -0.05) is 12.2 Å². The summed E-state index contributed by atoms with van der Waals surface area (Å²) in [5.41, 5.74) is 5.50. The zero-order chi connectivity index (χ0) is 12.1. The molecule has 1 atom stereocenters. The zero-order valence-corrected chi connectivity index (χ0v) is 10.8. The van der Waals surface area contributed by atoms with Crippen LogP contribution in [-0.4, -0.2) is 41.1 Å². The van der Waals surface area contributed by atoms with Gasteiger partial charge in [-0.25, -0.2) is 0 Å². The molecule has 0 saturated carbocycles. The van der Waals surface area contributed by atoms with Crippen molar-refractivity contribution in [2.45, 2.75) is 45.3 Å². The molecule has 1 unspecified atom stereocenters.